The van der Waals surface area contributed by atoms with Crippen LogP contribution in [0.3, 0.4) is 0 Å². The van der Waals surface area contributed by atoms with E-state index in [0.717, 1.165) is 30.7 Å². The Morgan fingerprint density at radius 2 is 2.10 bits per heavy atom. The summed E-state index contributed by atoms with van der Waals surface area (Å²) in [6, 6.07) is 7.27. The van der Waals surface area contributed by atoms with Crippen molar-refractivity contribution in [3.63, 3.8) is 0 Å². The summed E-state index contributed by atoms with van der Waals surface area (Å²) in [6.07, 6.45) is 3.97. The van der Waals surface area contributed by atoms with E-state index in [1.165, 1.54) is 43.6 Å². The summed E-state index contributed by atoms with van der Waals surface area (Å²) in [4.78, 5) is 5.18. The Kier molecular flexibility index (Phi) is 4.49. The minimum Gasteiger partial charge on any atom is -0.370 e. The van der Waals surface area contributed by atoms with Crippen LogP contribution in [-0.4, -0.2) is 44.2 Å². The molecule has 1 aromatic carbocycles. The summed E-state index contributed by atoms with van der Waals surface area (Å²) < 4.78 is 0. The Bertz CT molecular complexity index is 463. The molecule has 20 heavy (non-hydrogen) atoms. The molecular formula is C16H24ClN3. The van der Waals surface area contributed by atoms with Crippen LogP contribution in [0.4, 0.5) is 5.69 Å². The fourth-order valence-electron chi connectivity index (χ4n) is 3.51. The van der Waals surface area contributed by atoms with Crippen LogP contribution in [0.1, 0.15) is 24.8 Å². The molecule has 0 aliphatic carbocycles. The number of fused-ring (bicyclic) bond motifs is 1. The number of anilines is 1. The summed E-state index contributed by atoms with van der Waals surface area (Å²) in [5.41, 5.74) is 2.46. The molecule has 0 spiro atoms. The Morgan fingerprint density at radius 3 is 2.90 bits per heavy atom. The standard InChI is InChI=1S/C16H24ClN3/c1-18-11-13-5-6-14(10-16(13)17)20-9-3-8-19-7-2-4-15(19)12-20/h5-6,10,15,18H,2-4,7-9,11-12H2,1H3. The smallest absolute Gasteiger partial charge is 0.0471 e. The van der Waals surface area contributed by atoms with Crippen LogP contribution in [0, 0.1) is 0 Å². The molecule has 0 aromatic heterocycles. The monoisotopic (exact) mass is 293 g/mol. The van der Waals surface area contributed by atoms with Crippen molar-refractivity contribution in [1.29, 1.82) is 0 Å². The van der Waals surface area contributed by atoms with Crippen molar-refractivity contribution >= 4 is 17.3 Å². The highest BCUT2D eigenvalue weighted by Crippen LogP contribution is 2.28. The highest BCUT2D eigenvalue weighted by molar-refractivity contribution is 6.31. The lowest BCUT2D eigenvalue weighted by atomic mass is 10.1. The van der Waals surface area contributed by atoms with Crippen LogP contribution in [0.15, 0.2) is 18.2 Å². The van der Waals surface area contributed by atoms with Gasteiger partial charge in [0, 0.05) is 42.9 Å². The lowest BCUT2D eigenvalue weighted by molar-refractivity contribution is 0.273. The molecule has 110 valence electrons. The normalized spacial score (nSPS) is 23.7. The van der Waals surface area contributed by atoms with E-state index in [2.05, 4.69) is 33.3 Å². The minimum atomic E-state index is 0.744. The zero-order chi connectivity index (χ0) is 13.9. The molecule has 1 unspecified atom stereocenters. The molecule has 0 amide bonds. The van der Waals surface area contributed by atoms with E-state index in [1.807, 2.05) is 7.05 Å². The van der Waals surface area contributed by atoms with Gasteiger partial charge in [-0.15, -0.1) is 0 Å². The van der Waals surface area contributed by atoms with Gasteiger partial charge in [0.2, 0.25) is 0 Å². The molecular weight excluding hydrogens is 270 g/mol. The fraction of sp³-hybridized carbons (Fsp3) is 0.625. The Hall–Kier alpha value is -0.770. The summed E-state index contributed by atoms with van der Waals surface area (Å²) in [6.45, 7) is 5.68. The first-order valence-corrected chi connectivity index (χ1v) is 8.08. The van der Waals surface area contributed by atoms with Crippen molar-refractivity contribution in [2.45, 2.75) is 31.8 Å². The van der Waals surface area contributed by atoms with Gasteiger partial charge in [-0.05, 0) is 50.6 Å². The molecule has 0 radical (unpaired) electrons. The zero-order valence-electron chi connectivity index (χ0n) is 12.2. The molecule has 2 fully saturated rings. The van der Waals surface area contributed by atoms with Gasteiger partial charge >= 0.3 is 0 Å². The van der Waals surface area contributed by atoms with Gasteiger partial charge < -0.3 is 10.2 Å². The minimum absolute atomic E-state index is 0.744. The van der Waals surface area contributed by atoms with Crippen LogP contribution in [0.2, 0.25) is 5.02 Å². The average Bonchev–Trinajstić information content (AvgIpc) is 2.78. The van der Waals surface area contributed by atoms with E-state index < -0.39 is 0 Å². The molecule has 4 heteroatoms. The van der Waals surface area contributed by atoms with E-state index >= 15 is 0 Å². The molecule has 1 aromatic rings. The van der Waals surface area contributed by atoms with Gasteiger partial charge in [0.05, 0.1) is 0 Å². The van der Waals surface area contributed by atoms with Crippen LogP contribution in [-0.2, 0) is 6.54 Å². The first kappa shape index (κ1) is 14.2. The predicted molar refractivity (Wildman–Crippen MR) is 85.6 cm³/mol. The molecule has 1 atom stereocenters. The Morgan fingerprint density at radius 1 is 1.25 bits per heavy atom. The van der Waals surface area contributed by atoms with Crippen molar-refractivity contribution < 1.29 is 0 Å². The van der Waals surface area contributed by atoms with Crippen molar-refractivity contribution in [2.24, 2.45) is 0 Å². The van der Waals surface area contributed by atoms with E-state index in [-0.39, 0.29) is 0 Å². The van der Waals surface area contributed by atoms with Crippen molar-refractivity contribution in [2.75, 3.05) is 38.1 Å². The number of nitrogens with zero attached hydrogens (tertiary/aromatic N) is 2. The number of halogens is 1. The molecule has 2 aliphatic heterocycles. The van der Waals surface area contributed by atoms with Crippen LogP contribution < -0.4 is 10.2 Å². The number of benzene rings is 1. The Labute approximate surface area is 126 Å². The van der Waals surface area contributed by atoms with Gasteiger partial charge in [-0.3, -0.25) is 4.90 Å². The van der Waals surface area contributed by atoms with Crippen LogP contribution >= 0.6 is 11.6 Å². The highest BCUT2D eigenvalue weighted by Gasteiger charge is 2.28. The molecule has 2 saturated heterocycles. The number of hydrogen-bond acceptors (Lipinski definition) is 3. The molecule has 0 bridgehead atoms. The summed E-state index contributed by atoms with van der Waals surface area (Å²) in [5, 5.41) is 4.04. The predicted octanol–water partition coefficient (Wildman–Crippen LogP) is 2.73. The third-order valence-electron chi connectivity index (χ3n) is 4.57. The van der Waals surface area contributed by atoms with Crippen LogP contribution in [0.25, 0.3) is 0 Å². The lowest BCUT2D eigenvalue weighted by Crippen LogP contribution is -2.36. The third-order valence-corrected chi connectivity index (χ3v) is 4.92. The quantitative estimate of drug-likeness (QED) is 0.924. The average molecular weight is 294 g/mol. The summed E-state index contributed by atoms with van der Waals surface area (Å²) in [7, 11) is 1.95. The number of rotatable bonds is 3. The largest absolute Gasteiger partial charge is 0.370 e. The number of nitrogens with one attached hydrogen (secondary N) is 1. The van der Waals surface area contributed by atoms with Crippen molar-refractivity contribution in [3.05, 3.63) is 28.8 Å². The van der Waals surface area contributed by atoms with E-state index in [1.54, 1.807) is 0 Å². The molecule has 1 N–H and O–H groups in total. The maximum atomic E-state index is 6.40. The topological polar surface area (TPSA) is 18.5 Å². The molecule has 3 rings (SSSR count). The second-order valence-electron chi connectivity index (χ2n) is 5.94. The van der Waals surface area contributed by atoms with Crippen molar-refractivity contribution in [1.82, 2.24) is 10.2 Å². The van der Waals surface area contributed by atoms with Crippen molar-refractivity contribution in [3.8, 4) is 0 Å². The summed E-state index contributed by atoms with van der Waals surface area (Å²) in [5.74, 6) is 0. The molecule has 2 heterocycles. The maximum Gasteiger partial charge on any atom is 0.0471 e. The van der Waals surface area contributed by atoms with Gasteiger partial charge in [-0.1, -0.05) is 17.7 Å². The second-order valence-corrected chi connectivity index (χ2v) is 6.34. The second kappa shape index (κ2) is 6.33. The Balaban J connectivity index is 1.76. The van der Waals surface area contributed by atoms with Gasteiger partial charge in [0.1, 0.15) is 0 Å². The summed E-state index contributed by atoms with van der Waals surface area (Å²) >= 11 is 6.40. The first-order valence-electron chi connectivity index (χ1n) is 7.70. The highest BCUT2D eigenvalue weighted by atomic mass is 35.5. The van der Waals surface area contributed by atoms with E-state index in [0.29, 0.717) is 0 Å². The third kappa shape index (κ3) is 2.95. The molecule has 3 nitrogen and oxygen atoms in total. The molecule has 2 aliphatic rings. The van der Waals surface area contributed by atoms with E-state index in [4.69, 9.17) is 11.6 Å². The van der Waals surface area contributed by atoms with Gasteiger partial charge in [0.15, 0.2) is 0 Å². The lowest BCUT2D eigenvalue weighted by Gasteiger charge is -2.27. The van der Waals surface area contributed by atoms with Gasteiger partial charge in [-0.2, -0.15) is 0 Å². The first-order chi connectivity index (χ1) is 9.78. The number of hydrogen-bond donors (Lipinski definition) is 1. The SMILES string of the molecule is CNCc1ccc(N2CCCN3CCCC3C2)cc1Cl. The van der Waals surface area contributed by atoms with Crippen LogP contribution in [0.5, 0.6) is 0 Å². The fourth-order valence-corrected chi connectivity index (χ4v) is 3.75. The van der Waals surface area contributed by atoms with Gasteiger partial charge in [-0.25, -0.2) is 0 Å². The molecule has 0 saturated carbocycles. The van der Waals surface area contributed by atoms with E-state index in [9.17, 15) is 0 Å². The zero-order valence-corrected chi connectivity index (χ0v) is 13.0. The maximum absolute atomic E-state index is 6.40. The van der Waals surface area contributed by atoms with Gasteiger partial charge in [0.25, 0.3) is 0 Å².